The van der Waals surface area contributed by atoms with Crippen LogP contribution in [0, 0.1) is 24.7 Å². The Morgan fingerprint density at radius 1 is 1.06 bits per heavy atom. The number of carbonyl (C=O) groups is 2. The molecule has 0 saturated carbocycles. The maximum atomic E-state index is 13.2. The molecular weight excluding hydrogens is 448 g/mol. The van der Waals surface area contributed by atoms with Crippen molar-refractivity contribution in [1.29, 1.82) is 0 Å². The zero-order chi connectivity index (χ0) is 25.8. The van der Waals surface area contributed by atoms with Crippen molar-refractivity contribution in [3.05, 3.63) is 107 Å². The third-order valence-electron chi connectivity index (χ3n) is 5.54. The van der Waals surface area contributed by atoms with E-state index in [0.29, 0.717) is 29.6 Å². The van der Waals surface area contributed by atoms with Gasteiger partial charge in [0.2, 0.25) is 0 Å². The van der Waals surface area contributed by atoms with Crippen molar-refractivity contribution in [3.63, 3.8) is 0 Å². The molecule has 0 bridgehead atoms. The van der Waals surface area contributed by atoms with Gasteiger partial charge >= 0.3 is 5.97 Å². The summed E-state index contributed by atoms with van der Waals surface area (Å²) in [5.74, 6) is 4.64. The number of rotatable bonds is 9. The van der Waals surface area contributed by atoms with E-state index in [-0.39, 0.29) is 12.4 Å². The van der Waals surface area contributed by atoms with Gasteiger partial charge in [0.15, 0.2) is 24.7 Å². The first kappa shape index (κ1) is 26.2. The Balaban J connectivity index is 1.82. The van der Waals surface area contributed by atoms with Gasteiger partial charge in [0.05, 0.1) is 44.0 Å². The number of quaternary nitrogens is 1. The number of aromatic nitrogens is 1. The van der Waals surface area contributed by atoms with Gasteiger partial charge in [-0.15, -0.1) is 24.7 Å². The molecule has 2 heterocycles. The van der Waals surface area contributed by atoms with Gasteiger partial charge in [-0.05, 0) is 42.4 Å². The molecule has 0 fully saturated rings. The number of Topliss-reactive ketones (excluding diaryl/α,β-unsaturated/α-hetero) is 1. The lowest BCUT2D eigenvalue weighted by molar-refractivity contribution is -0.790. The van der Waals surface area contributed by atoms with Crippen molar-refractivity contribution in [3.8, 4) is 24.7 Å². The molecule has 1 aromatic heterocycles. The van der Waals surface area contributed by atoms with Crippen LogP contribution in [0.1, 0.15) is 25.3 Å². The van der Waals surface area contributed by atoms with Crippen molar-refractivity contribution < 1.29 is 23.8 Å². The third-order valence-corrected chi connectivity index (χ3v) is 5.54. The zero-order valence-corrected chi connectivity index (χ0v) is 20.4. The van der Waals surface area contributed by atoms with E-state index < -0.39 is 5.97 Å². The highest BCUT2D eigenvalue weighted by Gasteiger charge is 2.21. The Kier molecular flexibility index (Phi) is 9.77. The van der Waals surface area contributed by atoms with Crippen LogP contribution in [0.15, 0.2) is 102 Å². The summed E-state index contributed by atoms with van der Waals surface area (Å²) in [7, 11) is 0. The van der Waals surface area contributed by atoms with Gasteiger partial charge < -0.3 is 4.74 Å². The second-order valence-electron chi connectivity index (χ2n) is 8.14. The number of aryl methyl sites for hydroxylation is 1. The molecule has 36 heavy (non-hydrogen) atoms. The molecule has 0 aromatic carbocycles. The molecule has 0 atom stereocenters. The summed E-state index contributed by atoms with van der Waals surface area (Å²) in [5, 5.41) is 0. The molecule has 0 saturated heterocycles. The van der Waals surface area contributed by atoms with Crippen molar-refractivity contribution in [2.24, 2.45) is 0 Å². The van der Waals surface area contributed by atoms with Crippen molar-refractivity contribution in [1.82, 2.24) is 0 Å². The maximum absolute atomic E-state index is 13.2. The molecule has 1 N–H and O–H groups in total. The molecule has 1 aromatic rings. The summed E-state index contributed by atoms with van der Waals surface area (Å²) in [6, 6.07) is 3.89. The van der Waals surface area contributed by atoms with Crippen molar-refractivity contribution in [2.75, 3.05) is 13.2 Å². The predicted molar refractivity (Wildman–Crippen MR) is 141 cm³/mol. The SMILES string of the molecule is C#CCC[n+]1ccc(C=CC2=CC(C(=O)OCC)=CC(=CC=C3C=C[NH+](CCC#C)C=C3)C2=O)cc1. The second kappa shape index (κ2) is 13.4. The second-order valence-corrected chi connectivity index (χ2v) is 8.14. The first-order valence-corrected chi connectivity index (χ1v) is 11.9. The van der Waals surface area contributed by atoms with E-state index in [2.05, 4.69) is 11.8 Å². The largest absolute Gasteiger partial charge is 0.462 e. The number of ketones is 1. The fraction of sp³-hybridized carbons (Fsp3) is 0.194. The third kappa shape index (κ3) is 7.53. The quantitative estimate of drug-likeness (QED) is 0.257. The van der Waals surface area contributed by atoms with Crippen LogP contribution in [-0.4, -0.2) is 24.9 Å². The molecule has 5 nitrogen and oxygen atoms in total. The smallest absolute Gasteiger partial charge is 0.338 e. The van der Waals surface area contributed by atoms with Crippen LogP contribution in [0.2, 0.25) is 0 Å². The Labute approximate surface area is 213 Å². The summed E-state index contributed by atoms with van der Waals surface area (Å²) in [4.78, 5) is 26.8. The van der Waals surface area contributed by atoms with Crippen LogP contribution in [0.5, 0.6) is 0 Å². The zero-order valence-electron chi connectivity index (χ0n) is 20.4. The minimum atomic E-state index is -0.464. The van der Waals surface area contributed by atoms with Gasteiger partial charge in [0.1, 0.15) is 0 Å². The average molecular weight is 479 g/mol. The van der Waals surface area contributed by atoms with Crippen molar-refractivity contribution in [2.45, 2.75) is 26.3 Å². The summed E-state index contributed by atoms with van der Waals surface area (Å²) < 4.78 is 7.18. The van der Waals surface area contributed by atoms with Gasteiger partial charge in [-0.2, -0.15) is 0 Å². The highest BCUT2D eigenvalue weighted by molar-refractivity contribution is 6.16. The molecule has 0 radical (unpaired) electrons. The number of esters is 1. The number of pyridine rings is 1. The summed E-state index contributed by atoms with van der Waals surface area (Å²) >= 11 is 0. The van der Waals surface area contributed by atoms with E-state index >= 15 is 0 Å². The number of ether oxygens (including phenoxy) is 1. The number of nitrogens with zero attached hydrogens (tertiary/aromatic N) is 1. The van der Waals surface area contributed by atoms with Gasteiger partial charge in [-0.3, -0.25) is 9.69 Å². The lowest BCUT2D eigenvalue weighted by Gasteiger charge is -2.13. The molecule has 0 amide bonds. The predicted octanol–water partition coefficient (Wildman–Crippen LogP) is 2.81. The topological polar surface area (TPSA) is 51.7 Å². The number of terminal acetylenes is 2. The van der Waals surface area contributed by atoms with Crippen LogP contribution in [0.4, 0.5) is 0 Å². The molecular formula is C31H30N2O3+2. The van der Waals surface area contributed by atoms with E-state index in [1.807, 2.05) is 65.8 Å². The first-order valence-electron chi connectivity index (χ1n) is 11.9. The lowest BCUT2D eigenvalue weighted by Crippen LogP contribution is -3.03. The van der Waals surface area contributed by atoms with Gasteiger partial charge in [-0.25, -0.2) is 9.36 Å². The van der Waals surface area contributed by atoms with Crippen LogP contribution in [0.25, 0.3) is 6.08 Å². The molecule has 0 spiro atoms. The van der Waals surface area contributed by atoms with Crippen molar-refractivity contribution >= 4 is 17.8 Å². The lowest BCUT2D eigenvalue weighted by atomic mass is 9.92. The highest BCUT2D eigenvalue weighted by atomic mass is 16.5. The monoisotopic (exact) mass is 478 g/mol. The number of allylic oxidation sites excluding steroid dienone is 9. The number of hydrogen-bond acceptors (Lipinski definition) is 3. The molecule has 5 heteroatoms. The average Bonchev–Trinajstić information content (AvgIpc) is 2.90. The number of carbonyl (C=O) groups excluding carboxylic acids is 2. The fourth-order valence-corrected chi connectivity index (χ4v) is 3.56. The van der Waals surface area contributed by atoms with E-state index in [1.54, 1.807) is 31.2 Å². The van der Waals surface area contributed by atoms with Gasteiger partial charge in [0, 0.05) is 23.3 Å². The number of hydrogen-bond donors (Lipinski definition) is 1. The maximum Gasteiger partial charge on any atom is 0.338 e. The standard InChI is InChI=1S/C31H29N2O3/c1-4-7-17-32-19-13-25(14-20-32)9-11-27-23-29(31(35)36-6-3)24-28(30(27)34)12-10-26-15-21-33(22-16-26)18-8-5-2/h1-2,9-16,19-24H,6-8,17-18H2,3H3/q+1/p+1. The van der Waals surface area contributed by atoms with E-state index in [4.69, 9.17) is 17.6 Å². The Bertz CT molecular complexity index is 1270. The first-order chi connectivity index (χ1) is 17.5. The minimum Gasteiger partial charge on any atom is -0.462 e. The minimum absolute atomic E-state index is 0.166. The Morgan fingerprint density at radius 2 is 1.78 bits per heavy atom. The van der Waals surface area contributed by atoms with Crippen LogP contribution < -0.4 is 9.47 Å². The summed E-state index contributed by atoms with van der Waals surface area (Å²) in [6.07, 6.45) is 34.2. The summed E-state index contributed by atoms with van der Waals surface area (Å²) in [5.41, 5.74) is 3.03. The van der Waals surface area contributed by atoms with E-state index in [1.165, 1.54) is 0 Å². The molecule has 1 aliphatic heterocycles. The van der Waals surface area contributed by atoms with Gasteiger partial charge in [-0.1, -0.05) is 24.3 Å². The molecule has 1 aliphatic carbocycles. The Hall–Kier alpha value is -4.45. The Morgan fingerprint density at radius 3 is 2.44 bits per heavy atom. The highest BCUT2D eigenvalue weighted by Crippen LogP contribution is 2.22. The van der Waals surface area contributed by atoms with Crippen LogP contribution >= 0.6 is 0 Å². The van der Waals surface area contributed by atoms with Gasteiger partial charge in [0.25, 0.3) is 0 Å². The molecule has 3 rings (SSSR count). The van der Waals surface area contributed by atoms with Crippen LogP contribution in [-0.2, 0) is 20.9 Å². The molecule has 0 unspecified atom stereocenters. The molecule has 2 aliphatic rings. The fourth-order valence-electron chi connectivity index (χ4n) is 3.56. The van der Waals surface area contributed by atoms with E-state index in [0.717, 1.165) is 29.1 Å². The van der Waals surface area contributed by atoms with E-state index in [9.17, 15) is 9.59 Å². The molecule has 180 valence electrons. The van der Waals surface area contributed by atoms with Crippen LogP contribution in [0.3, 0.4) is 0 Å². The number of nitrogens with one attached hydrogen (secondary N) is 1. The normalized spacial score (nSPS) is 18.0. The summed E-state index contributed by atoms with van der Waals surface area (Å²) in [6.45, 7) is 3.58.